The molecule has 2 rings (SSSR count). The van der Waals surface area contributed by atoms with Crippen LogP contribution in [-0.2, 0) is 13.5 Å². The standard InChI is InChI=1S/C12H13BrClN3/c1-17-5-4-9(16-17)7-12(15)8-2-3-11(14)10(13)6-8/h2-6,12H,7,15H2,1H3. The van der Waals surface area contributed by atoms with Crippen LogP contribution in [0.1, 0.15) is 17.3 Å². The molecular weight excluding hydrogens is 302 g/mol. The van der Waals surface area contributed by atoms with E-state index in [1.807, 2.05) is 37.5 Å². The van der Waals surface area contributed by atoms with Crippen molar-refractivity contribution in [3.05, 3.63) is 51.2 Å². The van der Waals surface area contributed by atoms with Crippen molar-refractivity contribution in [3.8, 4) is 0 Å². The highest BCUT2D eigenvalue weighted by molar-refractivity contribution is 9.10. The molecule has 2 N–H and O–H groups in total. The van der Waals surface area contributed by atoms with Gasteiger partial charge in [-0.3, -0.25) is 4.68 Å². The molecule has 0 aliphatic heterocycles. The molecule has 0 amide bonds. The van der Waals surface area contributed by atoms with Crippen LogP contribution in [0, 0.1) is 0 Å². The predicted octanol–water partition coefficient (Wildman–Crippen LogP) is 3.08. The van der Waals surface area contributed by atoms with Gasteiger partial charge in [-0.15, -0.1) is 0 Å². The van der Waals surface area contributed by atoms with Crippen LogP contribution in [0.25, 0.3) is 0 Å². The first kappa shape index (κ1) is 12.6. The first-order valence-corrected chi connectivity index (χ1v) is 6.42. The Hall–Kier alpha value is -0.840. The number of hydrogen-bond donors (Lipinski definition) is 1. The summed E-state index contributed by atoms with van der Waals surface area (Å²) in [5.74, 6) is 0. The Morgan fingerprint density at radius 2 is 2.24 bits per heavy atom. The number of aryl methyl sites for hydroxylation is 1. The van der Waals surface area contributed by atoms with Crippen LogP contribution in [0.4, 0.5) is 0 Å². The van der Waals surface area contributed by atoms with Crippen molar-refractivity contribution in [1.82, 2.24) is 9.78 Å². The summed E-state index contributed by atoms with van der Waals surface area (Å²) in [5.41, 5.74) is 8.18. The van der Waals surface area contributed by atoms with E-state index in [0.717, 1.165) is 22.2 Å². The molecule has 17 heavy (non-hydrogen) atoms. The van der Waals surface area contributed by atoms with Crippen LogP contribution < -0.4 is 5.73 Å². The van der Waals surface area contributed by atoms with E-state index in [0.29, 0.717) is 5.02 Å². The zero-order valence-corrected chi connectivity index (χ0v) is 11.7. The molecular formula is C12H13BrClN3. The van der Waals surface area contributed by atoms with Gasteiger partial charge in [0.1, 0.15) is 0 Å². The molecule has 2 aromatic rings. The van der Waals surface area contributed by atoms with Crippen LogP contribution in [0.15, 0.2) is 34.9 Å². The lowest BCUT2D eigenvalue weighted by Crippen LogP contribution is -2.13. The van der Waals surface area contributed by atoms with Gasteiger partial charge in [-0.05, 0) is 39.7 Å². The molecule has 0 saturated heterocycles. The van der Waals surface area contributed by atoms with Gasteiger partial charge in [0.05, 0.1) is 10.7 Å². The van der Waals surface area contributed by atoms with Gasteiger partial charge in [0.15, 0.2) is 0 Å². The fourth-order valence-electron chi connectivity index (χ4n) is 1.66. The third kappa shape index (κ3) is 3.09. The molecule has 90 valence electrons. The number of nitrogens with zero attached hydrogens (tertiary/aromatic N) is 2. The van der Waals surface area contributed by atoms with Crippen molar-refractivity contribution in [2.75, 3.05) is 0 Å². The van der Waals surface area contributed by atoms with Crippen LogP contribution in [0.3, 0.4) is 0 Å². The maximum Gasteiger partial charge on any atom is 0.0643 e. The zero-order chi connectivity index (χ0) is 12.4. The lowest BCUT2D eigenvalue weighted by atomic mass is 10.0. The van der Waals surface area contributed by atoms with Gasteiger partial charge < -0.3 is 5.73 Å². The number of aromatic nitrogens is 2. The average Bonchev–Trinajstić information content (AvgIpc) is 2.68. The molecule has 0 aliphatic rings. The van der Waals surface area contributed by atoms with Crippen LogP contribution in [0.2, 0.25) is 5.02 Å². The fraction of sp³-hybridized carbons (Fsp3) is 0.250. The molecule has 1 atom stereocenters. The summed E-state index contributed by atoms with van der Waals surface area (Å²) in [6, 6.07) is 7.65. The number of nitrogens with two attached hydrogens (primary N) is 1. The molecule has 0 fully saturated rings. The van der Waals surface area contributed by atoms with Crippen molar-refractivity contribution >= 4 is 27.5 Å². The summed E-state index contributed by atoms with van der Waals surface area (Å²) in [7, 11) is 1.90. The Morgan fingerprint density at radius 3 is 2.82 bits per heavy atom. The Balaban J connectivity index is 2.14. The number of benzene rings is 1. The Kier molecular flexibility index (Phi) is 3.86. The topological polar surface area (TPSA) is 43.8 Å². The fourth-order valence-corrected chi connectivity index (χ4v) is 2.17. The minimum Gasteiger partial charge on any atom is -0.324 e. The van der Waals surface area contributed by atoms with E-state index in [9.17, 15) is 0 Å². The molecule has 1 unspecified atom stereocenters. The highest BCUT2D eigenvalue weighted by Crippen LogP contribution is 2.26. The van der Waals surface area contributed by atoms with Gasteiger partial charge in [0, 0.05) is 30.2 Å². The van der Waals surface area contributed by atoms with Gasteiger partial charge in [-0.1, -0.05) is 17.7 Å². The first-order valence-electron chi connectivity index (χ1n) is 5.25. The molecule has 0 spiro atoms. The molecule has 0 saturated carbocycles. The normalized spacial score (nSPS) is 12.7. The molecule has 0 aliphatic carbocycles. The first-order chi connectivity index (χ1) is 8.06. The maximum atomic E-state index is 6.14. The van der Waals surface area contributed by atoms with Crippen LogP contribution in [0.5, 0.6) is 0 Å². The molecule has 3 nitrogen and oxygen atoms in total. The second-order valence-corrected chi connectivity index (χ2v) is 5.23. The van der Waals surface area contributed by atoms with E-state index in [2.05, 4.69) is 21.0 Å². The largest absolute Gasteiger partial charge is 0.324 e. The third-order valence-corrected chi connectivity index (χ3v) is 3.78. The van der Waals surface area contributed by atoms with Crippen LogP contribution in [-0.4, -0.2) is 9.78 Å². The van der Waals surface area contributed by atoms with Gasteiger partial charge in [-0.25, -0.2) is 0 Å². The van der Waals surface area contributed by atoms with Gasteiger partial charge >= 0.3 is 0 Å². The molecule has 5 heteroatoms. The second kappa shape index (κ2) is 5.21. The molecule has 0 bridgehead atoms. The van der Waals surface area contributed by atoms with Crippen molar-refractivity contribution in [1.29, 1.82) is 0 Å². The number of hydrogen-bond acceptors (Lipinski definition) is 2. The van der Waals surface area contributed by atoms with Crippen molar-refractivity contribution in [3.63, 3.8) is 0 Å². The molecule has 1 aromatic heterocycles. The predicted molar refractivity (Wildman–Crippen MR) is 73.0 cm³/mol. The quantitative estimate of drug-likeness (QED) is 0.946. The lowest BCUT2D eigenvalue weighted by Gasteiger charge is -2.11. The van der Waals surface area contributed by atoms with Crippen molar-refractivity contribution < 1.29 is 0 Å². The summed E-state index contributed by atoms with van der Waals surface area (Å²) >= 11 is 9.34. The molecule has 1 heterocycles. The highest BCUT2D eigenvalue weighted by Gasteiger charge is 2.10. The Bertz CT molecular complexity index is 524. The summed E-state index contributed by atoms with van der Waals surface area (Å²) in [6.07, 6.45) is 2.63. The van der Waals surface area contributed by atoms with Gasteiger partial charge in [-0.2, -0.15) is 5.10 Å². The van der Waals surface area contributed by atoms with E-state index < -0.39 is 0 Å². The Labute approximate surface area is 114 Å². The summed E-state index contributed by atoms with van der Waals surface area (Å²) in [4.78, 5) is 0. The van der Waals surface area contributed by atoms with E-state index >= 15 is 0 Å². The average molecular weight is 315 g/mol. The maximum absolute atomic E-state index is 6.14. The molecule has 0 radical (unpaired) electrons. The third-order valence-electron chi connectivity index (χ3n) is 2.57. The van der Waals surface area contributed by atoms with E-state index in [1.165, 1.54) is 0 Å². The SMILES string of the molecule is Cn1ccc(CC(N)c2ccc(Cl)c(Br)c2)n1. The van der Waals surface area contributed by atoms with Crippen molar-refractivity contribution in [2.24, 2.45) is 12.8 Å². The van der Waals surface area contributed by atoms with Gasteiger partial charge in [0.25, 0.3) is 0 Å². The smallest absolute Gasteiger partial charge is 0.0643 e. The van der Waals surface area contributed by atoms with E-state index in [-0.39, 0.29) is 6.04 Å². The van der Waals surface area contributed by atoms with Gasteiger partial charge in [0.2, 0.25) is 0 Å². The van der Waals surface area contributed by atoms with E-state index in [4.69, 9.17) is 17.3 Å². The summed E-state index contributed by atoms with van der Waals surface area (Å²) in [6.45, 7) is 0. The van der Waals surface area contributed by atoms with Crippen molar-refractivity contribution in [2.45, 2.75) is 12.5 Å². The number of halogens is 2. The van der Waals surface area contributed by atoms with Crippen LogP contribution >= 0.6 is 27.5 Å². The summed E-state index contributed by atoms with van der Waals surface area (Å²) in [5, 5.41) is 5.01. The highest BCUT2D eigenvalue weighted by atomic mass is 79.9. The second-order valence-electron chi connectivity index (χ2n) is 3.96. The monoisotopic (exact) mass is 313 g/mol. The number of rotatable bonds is 3. The minimum absolute atomic E-state index is 0.0709. The molecule has 1 aromatic carbocycles. The minimum atomic E-state index is -0.0709. The summed E-state index contributed by atoms with van der Waals surface area (Å²) < 4.78 is 2.65. The van der Waals surface area contributed by atoms with E-state index in [1.54, 1.807) is 4.68 Å². The Morgan fingerprint density at radius 1 is 1.47 bits per heavy atom. The lowest BCUT2D eigenvalue weighted by molar-refractivity contribution is 0.675. The zero-order valence-electron chi connectivity index (χ0n) is 9.40.